The maximum Gasteiger partial charge on any atom is 0.412 e. The van der Waals surface area contributed by atoms with E-state index >= 15 is 0 Å². The number of carbonyl (C=O) groups is 1. The van der Waals surface area contributed by atoms with E-state index in [1.165, 1.54) is 28.7 Å². The molecule has 29 heavy (non-hydrogen) atoms. The van der Waals surface area contributed by atoms with Gasteiger partial charge in [0.25, 0.3) is 0 Å². The number of aryl methyl sites for hydroxylation is 1. The van der Waals surface area contributed by atoms with Gasteiger partial charge >= 0.3 is 6.09 Å². The first-order valence-electron chi connectivity index (χ1n) is 11.1. The molecule has 0 spiro atoms. The van der Waals surface area contributed by atoms with Crippen LogP contribution in [0.25, 0.3) is 11.1 Å². The van der Waals surface area contributed by atoms with E-state index < -0.39 is 0 Å². The summed E-state index contributed by atoms with van der Waals surface area (Å²) in [4.78, 5) is 15.1. The van der Waals surface area contributed by atoms with Crippen LogP contribution in [-0.4, -0.2) is 30.6 Å². The lowest BCUT2D eigenvalue weighted by Gasteiger charge is -2.42. The highest BCUT2D eigenvalue weighted by Gasteiger charge is 2.35. The van der Waals surface area contributed by atoms with Crippen LogP contribution in [0.3, 0.4) is 0 Å². The van der Waals surface area contributed by atoms with Crippen molar-refractivity contribution in [2.45, 2.75) is 58.9 Å². The number of hydrogen-bond donors (Lipinski definition) is 1. The molecule has 1 amide bonds. The van der Waals surface area contributed by atoms with E-state index in [0.717, 1.165) is 55.6 Å². The Kier molecular flexibility index (Phi) is 5.91. The minimum atomic E-state index is -0.352. The molecule has 1 aliphatic heterocycles. The molecular formula is C25H32N2O2. The molecule has 0 fully saturated rings. The van der Waals surface area contributed by atoms with Crippen molar-refractivity contribution in [2.24, 2.45) is 0 Å². The Balaban J connectivity index is 1.75. The first-order valence-corrected chi connectivity index (χ1v) is 11.1. The van der Waals surface area contributed by atoms with Gasteiger partial charge in [0.15, 0.2) is 0 Å². The van der Waals surface area contributed by atoms with Gasteiger partial charge in [-0.05, 0) is 67.0 Å². The number of carbonyl (C=O) groups excluding carboxylic acids is 1. The summed E-state index contributed by atoms with van der Waals surface area (Å²) in [6, 6.07) is 11.4. The summed E-state index contributed by atoms with van der Waals surface area (Å²) >= 11 is 0. The summed E-state index contributed by atoms with van der Waals surface area (Å²) in [6.07, 6.45) is 4.89. The third-order valence-electron chi connectivity index (χ3n) is 6.27. The van der Waals surface area contributed by atoms with Crippen LogP contribution in [0, 0.1) is 6.92 Å². The minimum absolute atomic E-state index is 0.352. The fraction of sp³-hybridized carbons (Fsp3) is 0.480. The quantitative estimate of drug-likeness (QED) is 0.668. The molecule has 0 aromatic heterocycles. The van der Waals surface area contributed by atoms with E-state index in [2.05, 4.69) is 54.4 Å². The fourth-order valence-electron chi connectivity index (χ4n) is 4.86. The van der Waals surface area contributed by atoms with Crippen LogP contribution in [0.15, 0.2) is 30.3 Å². The van der Waals surface area contributed by atoms with Gasteiger partial charge < -0.3 is 10.1 Å². The van der Waals surface area contributed by atoms with Crippen molar-refractivity contribution in [1.82, 2.24) is 10.2 Å². The molecule has 2 aromatic carbocycles. The number of rotatable bonds is 6. The first-order chi connectivity index (χ1) is 14.1. The summed E-state index contributed by atoms with van der Waals surface area (Å²) in [5.41, 5.74) is 7.54. The highest BCUT2D eigenvalue weighted by Crippen LogP contribution is 2.49. The van der Waals surface area contributed by atoms with Gasteiger partial charge in [-0.25, -0.2) is 4.79 Å². The largest absolute Gasteiger partial charge is 0.412 e. The van der Waals surface area contributed by atoms with Crippen molar-refractivity contribution in [3.8, 4) is 16.9 Å². The van der Waals surface area contributed by atoms with E-state index in [0.29, 0.717) is 12.6 Å². The van der Waals surface area contributed by atoms with Crippen LogP contribution in [-0.2, 0) is 12.8 Å². The van der Waals surface area contributed by atoms with Crippen molar-refractivity contribution >= 4 is 6.09 Å². The number of nitrogens with zero attached hydrogens (tertiary/aromatic N) is 1. The molecule has 2 aromatic rings. The Morgan fingerprint density at radius 3 is 2.83 bits per heavy atom. The van der Waals surface area contributed by atoms with Crippen LogP contribution >= 0.6 is 0 Å². The molecule has 4 rings (SSSR count). The van der Waals surface area contributed by atoms with Crippen LogP contribution in [0.4, 0.5) is 4.79 Å². The number of nitrogens with one attached hydrogen (secondary N) is 1. The molecular weight excluding hydrogens is 360 g/mol. The second-order valence-electron chi connectivity index (χ2n) is 8.30. The molecule has 0 saturated heterocycles. The third-order valence-corrected chi connectivity index (χ3v) is 6.27. The monoisotopic (exact) mass is 392 g/mol. The smallest absolute Gasteiger partial charge is 0.409 e. The summed E-state index contributed by atoms with van der Waals surface area (Å²) in [7, 11) is 0. The Bertz CT molecular complexity index is 906. The van der Waals surface area contributed by atoms with Crippen LogP contribution < -0.4 is 10.1 Å². The molecule has 1 heterocycles. The maximum absolute atomic E-state index is 12.4. The first kappa shape index (κ1) is 20.0. The van der Waals surface area contributed by atoms with E-state index in [1.807, 2.05) is 6.92 Å². The number of hydrogen-bond acceptors (Lipinski definition) is 3. The van der Waals surface area contributed by atoms with E-state index in [9.17, 15) is 4.79 Å². The average molecular weight is 393 g/mol. The fourth-order valence-corrected chi connectivity index (χ4v) is 4.86. The summed E-state index contributed by atoms with van der Waals surface area (Å²) in [5.74, 6) is 0.718. The van der Waals surface area contributed by atoms with Gasteiger partial charge in [0, 0.05) is 24.7 Å². The standard InChI is InChI=1S/C25H32N2O2/c1-4-6-13-26-25(28)29-24-17(3)10-11-19-16-21-22-18(12-15-27(21)14-5-2)8-7-9-20(22)23(19)24/h7-11,21H,4-6,12-16H2,1-3H3,(H,26,28). The summed E-state index contributed by atoms with van der Waals surface area (Å²) < 4.78 is 5.88. The molecule has 4 heteroatoms. The van der Waals surface area contributed by atoms with Crippen LogP contribution in [0.2, 0.25) is 0 Å². The Morgan fingerprint density at radius 1 is 1.17 bits per heavy atom. The molecule has 154 valence electrons. The topological polar surface area (TPSA) is 41.6 Å². The van der Waals surface area contributed by atoms with Crippen molar-refractivity contribution in [1.29, 1.82) is 0 Å². The minimum Gasteiger partial charge on any atom is -0.409 e. The molecule has 1 unspecified atom stereocenters. The van der Waals surface area contributed by atoms with Crippen molar-refractivity contribution in [3.05, 3.63) is 52.6 Å². The lowest BCUT2D eigenvalue weighted by atomic mass is 9.76. The number of benzene rings is 2. The van der Waals surface area contributed by atoms with Gasteiger partial charge in [-0.1, -0.05) is 50.6 Å². The summed E-state index contributed by atoms with van der Waals surface area (Å²) in [5, 5.41) is 2.89. The Hall–Kier alpha value is -2.33. The van der Waals surface area contributed by atoms with E-state index in [1.54, 1.807) is 0 Å². The predicted molar refractivity (Wildman–Crippen MR) is 118 cm³/mol. The second-order valence-corrected chi connectivity index (χ2v) is 8.30. The molecule has 1 N–H and O–H groups in total. The number of unbranched alkanes of at least 4 members (excludes halogenated alkanes) is 1. The van der Waals surface area contributed by atoms with Crippen LogP contribution in [0.5, 0.6) is 5.75 Å². The predicted octanol–water partition coefficient (Wildman–Crippen LogP) is 5.42. The van der Waals surface area contributed by atoms with E-state index in [4.69, 9.17) is 4.74 Å². The zero-order chi connectivity index (χ0) is 20.4. The highest BCUT2D eigenvalue weighted by atomic mass is 16.6. The second kappa shape index (κ2) is 8.58. The molecule has 0 bridgehead atoms. The number of ether oxygens (including phenoxy) is 1. The SMILES string of the molecule is CCCCNC(=O)Oc1c(C)ccc2c1-c1cccc3c1C(C2)N(CCC)CC3. The molecule has 0 saturated carbocycles. The van der Waals surface area contributed by atoms with Gasteiger partial charge in [0.05, 0.1) is 0 Å². The zero-order valence-electron chi connectivity index (χ0n) is 17.9. The highest BCUT2D eigenvalue weighted by molar-refractivity contribution is 5.84. The van der Waals surface area contributed by atoms with Crippen molar-refractivity contribution in [2.75, 3.05) is 19.6 Å². The zero-order valence-corrected chi connectivity index (χ0v) is 17.9. The molecule has 4 nitrogen and oxygen atoms in total. The van der Waals surface area contributed by atoms with Gasteiger partial charge in [0.2, 0.25) is 0 Å². The molecule has 1 aliphatic carbocycles. The molecule has 0 radical (unpaired) electrons. The maximum atomic E-state index is 12.4. The van der Waals surface area contributed by atoms with Gasteiger partial charge in [-0.3, -0.25) is 4.90 Å². The van der Waals surface area contributed by atoms with Crippen LogP contribution in [0.1, 0.15) is 61.4 Å². The average Bonchev–Trinajstić information content (AvgIpc) is 2.72. The molecule has 1 atom stereocenters. The van der Waals surface area contributed by atoms with Crippen molar-refractivity contribution in [3.63, 3.8) is 0 Å². The lowest BCUT2D eigenvalue weighted by molar-refractivity contribution is 0.182. The Labute approximate surface area is 174 Å². The van der Waals surface area contributed by atoms with Gasteiger partial charge in [-0.2, -0.15) is 0 Å². The Morgan fingerprint density at radius 2 is 2.03 bits per heavy atom. The number of amides is 1. The van der Waals surface area contributed by atoms with Crippen molar-refractivity contribution < 1.29 is 9.53 Å². The van der Waals surface area contributed by atoms with Gasteiger partial charge in [0.1, 0.15) is 5.75 Å². The third kappa shape index (κ3) is 3.78. The number of fused-ring (bicyclic) bond motifs is 2. The van der Waals surface area contributed by atoms with Gasteiger partial charge in [-0.15, -0.1) is 0 Å². The lowest BCUT2D eigenvalue weighted by Crippen LogP contribution is -2.39. The van der Waals surface area contributed by atoms with E-state index in [-0.39, 0.29) is 6.09 Å². The normalized spacial score (nSPS) is 17.4. The summed E-state index contributed by atoms with van der Waals surface area (Å²) in [6.45, 7) is 9.30. The molecule has 2 aliphatic rings.